The highest BCUT2D eigenvalue weighted by molar-refractivity contribution is 5.96. The van der Waals surface area contributed by atoms with Crippen LogP contribution in [0.4, 0.5) is 13.2 Å². The first-order chi connectivity index (χ1) is 20.5. The lowest BCUT2D eigenvalue weighted by Crippen LogP contribution is -2.59. The van der Waals surface area contributed by atoms with E-state index in [0.717, 1.165) is 6.26 Å². The highest BCUT2D eigenvalue weighted by Crippen LogP contribution is 2.37. The number of nitrogens with zero attached hydrogens (tertiary/aromatic N) is 6. The molecule has 1 aromatic carbocycles. The van der Waals surface area contributed by atoms with E-state index in [1.165, 1.54) is 23.0 Å². The van der Waals surface area contributed by atoms with E-state index >= 15 is 0 Å². The Morgan fingerprint density at radius 2 is 1.88 bits per heavy atom. The van der Waals surface area contributed by atoms with Crippen molar-refractivity contribution in [3.05, 3.63) is 59.9 Å². The van der Waals surface area contributed by atoms with Gasteiger partial charge in [-0.05, 0) is 43.5 Å². The number of aryl methyl sites for hydroxylation is 1. The molecule has 1 unspecified atom stereocenters. The van der Waals surface area contributed by atoms with Gasteiger partial charge in [-0.25, -0.2) is 9.97 Å². The van der Waals surface area contributed by atoms with Crippen LogP contribution in [0.2, 0.25) is 0 Å². The second-order valence-corrected chi connectivity index (χ2v) is 10.5. The Kier molecular flexibility index (Phi) is 7.30. The molecule has 2 aliphatic rings. The van der Waals surface area contributed by atoms with Crippen molar-refractivity contribution in [1.82, 2.24) is 29.3 Å². The van der Waals surface area contributed by atoms with Crippen molar-refractivity contribution in [3.8, 4) is 22.9 Å². The predicted molar refractivity (Wildman–Crippen MR) is 142 cm³/mol. The number of imidazole rings is 1. The molecular formula is C28H27F3N6O6. The smallest absolute Gasteiger partial charge is 0.436 e. The third kappa shape index (κ3) is 5.41. The molecule has 3 aromatic heterocycles. The van der Waals surface area contributed by atoms with Crippen LogP contribution < -0.4 is 4.74 Å². The van der Waals surface area contributed by atoms with Crippen molar-refractivity contribution < 1.29 is 41.9 Å². The van der Waals surface area contributed by atoms with Crippen molar-refractivity contribution in [2.24, 2.45) is 0 Å². The number of piperazine rings is 1. The third-order valence-electron chi connectivity index (χ3n) is 7.62. The summed E-state index contributed by atoms with van der Waals surface area (Å²) in [5.74, 6) is -0.183. The largest absolute Gasteiger partial charge is 0.437 e. The number of hydrogen-bond donors (Lipinski definition) is 1. The molecule has 2 aliphatic heterocycles. The summed E-state index contributed by atoms with van der Waals surface area (Å²) in [5.41, 5.74) is -1.62. The summed E-state index contributed by atoms with van der Waals surface area (Å²) < 4.78 is 57.3. The summed E-state index contributed by atoms with van der Waals surface area (Å²) in [6.07, 6.45) is 1.21. The topological polar surface area (TPSA) is 136 Å². The summed E-state index contributed by atoms with van der Waals surface area (Å²) in [7, 11) is 0. The number of hydrogen-bond acceptors (Lipinski definition) is 9. The van der Waals surface area contributed by atoms with E-state index < -0.39 is 17.5 Å². The molecule has 6 rings (SSSR count). The van der Waals surface area contributed by atoms with Crippen LogP contribution >= 0.6 is 0 Å². The fraction of sp³-hybridized carbons (Fsp3) is 0.393. The zero-order valence-corrected chi connectivity index (χ0v) is 23.0. The summed E-state index contributed by atoms with van der Waals surface area (Å²) in [6, 6.07) is 4.87. The number of alkyl halides is 3. The number of ether oxygens (including phenoxy) is 2. The van der Waals surface area contributed by atoms with Crippen LogP contribution in [-0.4, -0.2) is 91.2 Å². The van der Waals surface area contributed by atoms with E-state index in [1.807, 2.05) is 0 Å². The van der Waals surface area contributed by atoms with Crippen LogP contribution in [0.3, 0.4) is 0 Å². The standard InChI is InChI=1S/C28H27F3N6O6/c1-17-13-18(43-24-23-33-14-21(37(23)7-6-32-24)20-15-42-34-22(20)28(29,30)31)3-4-19(17)25(38)35-8-10-36(11-9-35)26(39)27(40)5-2-12-41-16-27/h3-4,6-7,13-15,40H,2,5,8-12,16H2,1H3. The van der Waals surface area contributed by atoms with E-state index in [1.54, 1.807) is 34.9 Å². The molecule has 15 heteroatoms. The number of carbonyl (C=O) groups is 2. The monoisotopic (exact) mass is 600 g/mol. The van der Waals surface area contributed by atoms with Crippen LogP contribution in [-0.2, 0) is 15.7 Å². The van der Waals surface area contributed by atoms with Crippen LogP contribution in [0.5, 0.6) is 11.6 Å². The number of benzene rings is 1. The Labute approximate surface area is 242 Å². The van der Waals surface area contributed by atoms with Gasteiger partial charge in [0.2, 0.25) is 5.65 Å². The minimum atomic E-state index is -4.72. The lowest BCUT2D eigenvalue weighted by molar-refractivity contribution is -0.166. The van der Waals surface area contributed by atoms with Gasteiger partial charge in [0.25, 0.3) is 17.7 Å². The molecule has 2 saturated heterocycles. The molecule has 2 fully saturated rings. The van der Waals surface area contributed by atoms with Gasteiger partial charge in [0.15, 0.2) is 11.3 Å². The molecule has 12 nitrogen and oxygen atoms in total. The molecule has 0 saturated carbocycles. The number of aromatic nitrogens is 4. The normalized spacial score (nSPS) is 19.6. The van der Waals surface area contributed by atoms with E-state index in [9.17, 15) is 27.9 Å². The number of amides is 2. The van der Waals surface area contributed by atoms with Crippen LogP contribution in [0.15, 0.2) is 47.6 Å². The fourth-order valence-corrected chi connectivity index (χ4v) is 5.37. The molecular weight excluding hydrogens is 573 g/mol. The second kappa shape index (κ2) is 11.0. The Morgan fingerprint density at radius 3 is 2.58 bits per heavy atom. The Hall–Kier alpha value is -4.50. The Morgan fingerprint density at radius 1 is 1.12 bits per heavy atom. The summed E-state index contributed by atoms with van der Waals surface area (Å²) >= 11 is 0. The predicted octanol–water partition coefficient (Wildman–Crippen LogP) is 3.33. The van der Waals surface area contributed by atoms with Crippen molar-refractivity contribution >= 4 is 17.5 Å². The maximum atomic E-state index is 13.4. The highest BCUT2D eigenvalue weighted by atomic mass is 19.4. The number of fused-ring (bicyclic) bond motifs is 1. The number of aliphatic hydroxyl groups is 1. The van der Waals surface area contributed by atoms with Crippen molar-refractivity contribution in [2.45, 2.75) is 31.5 Å². The van der Waals surface area contributed by atoms with Gasteiger partial charge in [-0.3, -0.25) is 14.0 Å². The quantitative estimate of drug-likeness (QED) is 0.366. The average Bonchev–Trinajstić information content (AvgIpc) is 3.65. The van der Waals surface area contributed by atoms with Gasteiger partial charge in [-0.2, -0.15) is 13.2 Å². The highest BCUT2D eigenvalue weighted by Gasteiger charge is 2.42. The third-order valence-corrected chi connectivity index (χ3v) is 7.62. The lowest BCUT2D eigenvalue weighted by atomic mass is 9.94. The van der Waals surface area contributed by atoms with Gasteiger partial charge in [0.05, 0.1) is 24.1 Å². The molecule has 5 heterocycles. The molecule has 4 aromatic rings. The van der Waals surface area contributed by atoms with E-state index in [0.29, 0.717) is 62.5 Å². The molecule has 43 heavy (non-hydrogen) atoms. The molecule has 0 spiro atoms. The minimum absolute atomic E-state index is 0.0226. The zero-order valence-electron chi connectivity index (χ0n) is 23.0. The van der Waals surface area contributed by atoms with Crippen LogP contribution in [0.1, 0.15) is 34.5 Å². The first kappa shape index (κ1) is 28.6. The van der Waals surface area contributed by atoms with Crippen molar-refractivity contribution in [1.29, 1.82) is 0 Å². The molecule has 0 aliphatic carbocycles. The summed E-state index contributed by atoms with van der Waals surface area (Å²) in [6.45, 7) is 3.48. The van der Waals surface area contributed by atoms with E-state index in [2.05, 4.69) is 19.6 Å². The molecule has 0 radical (unpaired) electrons. The first-order valence-corrected chi connectivity index (χ1v) is 13.6. The minimum Gasteiger partial charge on any atom is -0.436 e. The second-order valence-electron chi connectivity index (χ2n) is 10.5. The van der Waals surface area contributed by atoms with Gasteiger partial charge < -0.3 is 28.9 Å². The van der Waals surface area contributed by atoms with Gasteiger partial charge in [0, 0.05) is 50.7 Å². The first-order valence-electron chi connectivity index (χ1n) is 13.6. The summed E-state index contributed by atoms with van der Waals surface area (Å²) in [4.78, 5) is 37.8. The van der Waals surface area contributed by atoms with E-state index in [-0.39, 0.29) is 41.2 Å². The SMILES string of the molecule is Cc1cc(Oc2nccn3c(-c4conc4C(F)(F)F)cnc23)ccc1C(=O)N1CCN(C(=O)C2(O)CCCOC2)CC1. The van der Waals surface area contributed by atoms with Crippen LogP contribution in [0.25, 0.3) is 16.9 Å². The van der Waals surface area contributed by atoms with Gasteiger partial charge in [0.1, 0.15) is 12.0 Å². The molecule has 1 N–H and O–H groups in total. The van der Waals surface area contributed by atoms with Crippen molar-refractivity contribution in [2.75, 3.05) is 39.4 Å². The molecule has 0 bridgehead atoms. The number of carbonyl (C=O) groups excluding carboxylic acids is 2. The lowest BCUT2D eigenvalue weighted by Gasteiger charge is -2.40. The number of rotatable bonds is 5. The van der Waals surface area contributed by atoms with Gasteiger partial charge in [-0.1, -0.05) is 5.16 Å². The molecule has 226 valence electrons. The molecule has 2 amide bonds. The van der Waals surface area contributed by atoms with Crippen LogP contribution in [0, 0.1) is 6.92 Å². The van der Waals surface area contributed by atoms with Gasteiger partial charge in [-0.15, -0.1) is 0 Å². The van der Waals surface area contributed by atoms with E-state index in [4.69, 9.17) is 9.47 Å². The Bertz CT molecular complexity index is 1670. The fourth-order valence-electron chi connectivity index (χ4n) is 5.37. The maximum absolute atomic E-state index is 13.4. The van der Waals surface area contributed by atoms with Gasteiger partial charge >= 0.3 is 6.18 Å². The molecule has 1 atom stereocenters. The zero-order chi connectivity index (χ0) is 30.4. The summed E-state index contributed by atoms with van der Waals surface area (Å²) in [5, 5.41) is 13.8. The average molecular weight is 601 g/mol. The van der Waals surface area contributed by atoms with Crippen molar-refractivity contribution in [3.63, 3.8) is 0 Å². The number of halogens is 3. The Balaban J connectivity index is 1.15. The maximum Gasteiger partial charge on any atom is 0.437 e.